The van der Waals surface area contributed by atoms with Gasteiger partial charge in [0.1, 0.15) is 0 Å². The maximum absolute atomic E-state index is 9.88. The zero-order chi connectivity index (χ0) is 10.4. The standard InChI is InChI=1S/C13H18O/c1-3-7-11(2)10-13(14)12-8-5-4-6-9-12/h4-9,13-14H,3,10H2,1-2H3/b11-7+. The van der Waals surface area contributed by atoms with Crippen molar-refractivity contribution < 1.29 is 5.11 Å². The molecule has 0 saturated heterocycles. The van der Waals surface area contributed by atoms with Crippen LogP contribution in [0.4, 0.5) is 0 Å². The summed E-state index contributed by atoms with van der Waals surface area (Å²) in [6, 6.07) is 9.80. The molecule has 14 heavy (non-hydrogen) atoms. The lowest BCUT2D eigenvalue weighted by Gasteiger charge is -2.10. The third kappa shape index (κ3) is 3.35. The first-order valence-electron chi connectivity index (χ1n) is 5.12. The second kappa shape index (κ2) is 5.61. The van der Waals surface area contributed by atoms with Gasteiger partial charge in [0.25, 0.3) is 0 Å². The molecule has 1 atom stereocenters. The Kier molecular flexibility index (Phi) is 4.41. The van der Waals surface area contributed by atoms with Crippen LogP contribution in [-0.2, 0) is 0 Å². The van der Waals surface area contributed by atoms with Gasteiger partial charge < -0.3 is 5.11 Å². The Morgan fingerprint density at radius 2 is 2.00 bits per heavy atom. The molecule has 0 saturated carbocycles. The Hall–Kier alpha value is -1.08. The molecule has 0 radical (unpaired) electrons. The molecular weight excluding hydrogens is 172 g/mol. The minimum Gasteiger partial charge on any atom is -0.388 e. The smallest absolute Gasteiger partial charge is 0.0827 e. The van der Waals surface area contributed by atoms with Gasteiger partial charge in [-0.1, -0.05) is 48.9 Å². The van der Waals surface area contributed by atoms with Crippen LogP contribution in [0.2, 0.25) is 0 Å². The molecule has 1 aromatic carbocycles. The molecule has 0 aliphatic rings. The van der Waals surface area contributed by atoms with Crippen molar-refractivity contribution in [2.45, 2.75) is 32.8 Å². The third-order valence-corrected chi connectivity index (χ3v) is 2.25. The highest BCUT2D eigenvalue weighted by Gasteiger charge is 2.06. The van der Waals surface area contributed by atoms with Gasteiger partial charge >= 0.3 is 0 Å². The Morgan fingerprint density at radius 3 is 2.57 bits per heavy atom. The van der Waals surface area contributed by atoms with Crippen molar-refractivity contribution >= 4 is 0 Å². The highest BCUT2D eigenvalue weighted by Crippen LogP contribution is 2.20. The molecule has 0 aliphatic carbocycles. The van der Waals surface area contributed by atoms with Crippen LogP contribution in [0.5, 0.6) is 0 Å². The highest BCUT2D eigenvalue weighted by atomic mass is 16.3. The second-order valence-electron chi connectivity index (χ2n) is 3.59. The van der Waals surface area contributed by atoms with Crippen molar-refractivity contribution in [2.24, 2.45) is 0 Å². The molecule has 0 heterocycles. The van der Waals surface area contributed by atoms with Crippen molar-refractivity contribution in [2.75, 3.05) is 0 Å². The molecule has 76 valence electrons. The Bertz CT molecular complexity index is 287. The lowest BCUT2D eigenvalue weighted by molar-refractivity contribution is 0.178. The molecule has 0 amide bonds. The van der Waals surface area contributed by atoms with Crippen LogP contribution in [0.1, 0.15) is 38.4 Å². The maximum atomic E-state index is 9.88. The first-order chi connectivity index (χ1) is 6.74. The van der Waals surface area contributed by atoms with E-state index in [1.54, 1.807) is 0 Å². The van der Waals surface area contributed by atoms with Gasteiger partial charge in [0.15, 0.2) is 0 Å². The molecular formula is C13H18O. The minimum absolute atomic E-state index is 0.362. The summed E-state index contributed by atoms with van der Waals surface area (Å²) in [7, 11) is 0. The van der Waals surface area contributed by atoms with E-state index < -0.39 is 0 Å². The van der Waals surface area contributed by atoms with Gasteiger partial charge in [0.05, 0.1) is 6.10 Å². The molecule has 1 rings (SSSR count). The number of rotatable bonds is 4. The molecule has 0 fully saturated rings. The molecule has 0 bridgehead atoms. The maximum Gasteiger partial charge on any atom is 0.0827 e. The van der Waals surface area contributed by atoms with E-state index in [1.807, 2.05) is 30.3 Å². The molecule has 1 aromatic rings. The van der Waals surface area contributed by atoms with E-state index in [9.17, 15) is 5.11 Å². The van der Waals surface area contributed by atoms with Crippen LogP contribution in [0.25, 0.3) is 0 Å². The summed E-state index contributed by atoms with van der Waals surface area (Å²) in [6.45, 7) is 4.17. The summed E-state index contributed by atoms with van der Waals surface area (Å²) in [5, 5.41) is 9.88. The van der Waals surface area contributed by atoms with Gasteiger partial charge in [-0.05, 0) is 25.3 Å². The van der Waals surface area contributed by atoms with Gasteiger partial charge in [-0.2, -0.15) is 0 Å². The van der Waals surface area contributed by atoms with Crippen LogP contribution in [0.3, 0.4) is 0 Å². The number of aliphatic hydroxyl groups excluding tert-OH is 1. The van der Waals surface area contributed by atoms with Gasteiger partial charge in [-0.25, -0.2) is 0 Å². The lowest BCUT2D eigenvalue weighted by atomic mass is 10.0. The van der Waals surface area contributed by atoms with E-state index in [2.05, 4.69) is 19.9 Å². The highest BCUT2D eigenvalue weighted by molar-refractivity contribution is 5.19. The minimum atomic E-state index is -0.362. The van der Waals surface area contributed by atoms with Crippen molar-refractivity contribution in [3.05, 3.63) is 47.5 Å². The van der Waals surface area contributed by atoms with Crippen LogP contribution in [0.15, 0.2) is 42.0 Å². The normalized spacial score (nSPS) is 14.1. The first-order valence-corrected chi connectivity index (χ1v) is 5.12. The van der Waals surface area contributed by atoms with E-state index >= 15 is 0 Å². The van der Waals surface area contributed by atoms with Crippen molar-refractivity contribution in [1.82, 2.24) is 0 Å². The first kappa shape index (κ1) is 11.0. The average molecular weight is 190 g/mol. The molecule has 0 aromatic heterocycles. The molecule has 0 aliphatic heterocycles. The van der Waals surface area contributed by atoms with Gasteiger partial charge in [-0.3, -0.25) is 0 Å². The lowest BCUT2D eigenvalue weighted by Crippen LogP contribution is -1.97. The number of allylic oxidation sites excluding steroid dienone is 1. The van der Waals surface area contributed by atoms with Crippen molar-refractivity contribution in [3.8, 4) is 0 Å². The summed E-state index contributed by atoms with van der Waals surface area (Å²) >= 11 is 0. The number of aliphatic hydroxyl groups is 1. The zero-order valence-electron chi connectivity index (χ0n) is 8.90. The van der Waals surface area contributed by atoms with Crippen LogP contribution in [-0.4, -0.2) is 5.11 Å². The third-order valence-electron chi connectivity index (χ3n) is 2.25. The van der Waals surface area contributed by atoms with E-state index in [0.29, 0.717) is 0 Å². The fourth-order valence-corrected chi connectivity index (χ4v) is 1.53. The summed E-state index contributed by atoms with van der Waals surface area (Å²) in [5.74, 6) is 0. The second-order valence-corrected chi connectivity index (χ2v) is 3.59. The van der Waals surface area contributed by atoms with Gasteiger partial charge in [-0.15, -0.1) is 0 Å². The van der Waals surface area contributed by atoms with Gasteiger partial charge in [0.2, 0.25) is 0 Å². The summed E-state index contributed by atoms with van der Waals surface area (Å²) in [4.78, 5) is 0. The fourth-order valence-electron chi connectivity index (χ4n) is 1.53. The zero-order valence-corrected chi connectivity index (χ0v) is 8.90. The predicted molar refractivity (Wildman–Crippen MR) is 60.1 cm³/mol. The predicted octanol–water partition coefficient (Wildman–Crippen LogP) is 3.47. The van der Waals surface area contributed by atoms with E-state index in [-0.39, 0.29) is 6.10 Å². The van der Waals surface area contributed by atoms with Gasteiger partial charge in [0, 0.05) is 0 Å². The topological polar surface area (TPSA) is 20.2 Å². The largest absolute Gasteiger partial charge is 0.388 e. The SMILES string of the molecule is CC/C=C(\C)CC(O)c1ccccc1. The van der Waals surface area contributed by atoms with Crippen LogP contribution < -0.4 is 0 Å². The quantitative estimate of drug-likeness (QED) is 0.721. The van der Waals surface area contributed by atoms with Crippen molar-refractivity contribution in [1.29, 1.82) is 0 Å². The monoisotopic (exact) mass is 190 g/mol. The van der Waals surface area contributed by atoms with E-state index in [4.69, 9.17) is 0 Å². The summed E-state index contributed by atoms with van der Waals surface area (Å²) < 4.78 is 0. The fraction of sp³-hybridized carbons (Fsp3) is 0.385. The van der Waals surface area contributed by atoms with Crippen LogP contribution >= 0.6 is 0 Å². The Morgan fingerprint density at radius 1 is 1.36 bits per heavy atom. The number of hydrogen-bond acceptors (Lipinski definition) is 1. The molecule has 1 unspecified atom stereocenters. The molecule has 1 N–H and O–H groups in total. The summed E-state index contributed by atoms with van der Waals surface area (Å²) in [5.41, 5.74) is 2.25. The number of hydrogen-bond donors (Lipinski definition) is 1. The average Bonchev–Trinajstić information content (AvgIpc) is 2.19. The molecule has 1 heteroatoms. The Balaban J connectivity index is 2.59. The number of benzene rings is 1. The van der Waals surface area contributed by atoms with Crippen molar-refractivity contribution in [3.63, 3.8) is 0 Å². The van der Waals surface area contributed by atoms with E-state index in [1.165, 1.54) is 5.57 Å². The molecule has 0 spiro atoms. The summed E-state index contributed by atoms with van der Waals surface area (Å²) in [6.07, 6.45) is 3.57. The molecule has 1 nitrogen and oxygen atoms in total. The van der Waals surface area contributed by atoms with Crippen LogP contribution in [0, 0.1) is 0 Å². The Labute approximate surface area is 86.1 Å². The van der Waals surface area contributed by atoms with E-state index in [0.717, 1.165) is 18.4 Å².